The van der Waals surface area contributed by atoms with E-state index >= 15 is 0 Å². The average molecular weight is 340 g/mol. The van der Waals surface area contributed by atoms with Gasteiger partial charge in [-0.1, -0.05) is 30.1 Å². The highest BCUT2D eigenvalue weighted by molar-refractivity contribution is 6.69. The minimum Gasteiger partial charge on any atom is -0.391 e. The van der Waals surface area contributed by atoms with Gasteiger partial charge in [-0.25, -0.2) is 0 Å². The summed E-state index contributed by atoms with van der Waals surface area (Å²) in [6, 6.07) is 3.78. The maximum absolute atomic E-state index is 10.4. The van der Waals surface area contributed by atoms with Crippen LogP contribution in [0.25, 0.3) is 0 Å². The summed E-state index contributed by atoms with van der Waals surface area (Å²) in [5, 5.41) is 14.6. The summed E-state index contributed by atoms with van der Waals surface area (Å²) in [7, 11) is 0. The minimum atomic E-state index is -0.942. The Hall–Kier alpha value is -1.17. The Morgan fingerprint density at radius 3 is 2.74 bits per heavy atom. The van der Waals surface area contributed by atoms with Crippen molar-refractivity contribution in [2.75, 3.05) is 26.2 Å². The SMILES string of the molecule is CCc1ccc(/C(Cl)=N/OCC(C)(O)CN2CCCCC2)cn1. The summed E-state index contributed by atoms with van der Waals surface area (Å²) in [6.45, 7) is 6.59. The molecule has 23 heavy (non-hydrogen) atoms. The molecule has 2 heterocycles. The molecule has 0 amide bonds. The molecule has 1 saturated heterocycles. The van der Waals surface area contributed by atoms with Crippen LogP contribution >= 0.6 is 11.6 Å². The van der Waals surface area contributed by atoms with Crippen molar-refractivity contribution in [1.82, 2.24) is 9.88 Å². The first-order valence-corrected chi connectivity index (χ1v) is 8.63. The number of likely N-dealkylation sites (tertiary alicyclic amines) is 1. The summed E-state index contributed by atoms with van der Waals surface area (Å²) in [6.07, 6.45) is 6.23. The van der Waals surface area contributed by atoms with Crippen LogP contribution < -0.4 is 0 Å². The zero-order chi connectivity index (χ0) is 16.7. The van der Waals surface area contributed by atoms with Gasteiger partial charge in [0.1, 0.15) is 12.2 Å². The van der Waals surface area contributed by atoms with E-state index in [1.807, 2.05) is 19.1 Å². The Morgan fingerprint density at radius 1 is 1.39 bits per heavy atom. The predicted octanol–water partition coefficient (Wildman–Crippen LogP) is 2.80. The molecule has 5 nitrogen and oxygen atoms in total. The molecule has 0 spiro atoms. The van der Waals surface area contributed by atoms with Crippen molar-refractivity contribution in [3.8, 4) is 0 Å². The van der Waals surface area contributed by atoms with Gasteiger partial charge in [0, 0.05) is 24.0 Å². The molecule has 0 radical (unpaired) electrons. The Bertz CT molecular complexity index is 511. The number of β-amino-alcohol motifs (C(OH)–C–C–N with tert-alkyl or cyclic N) is 1. The zero-order valence-electron chi connectivity index (χ0n) is 14.0. The van der Waals surface area contributed by atoms with Crippen LogP contribution in [-0.4, -0.2) is 52.0 Å². The fourth-order valence-electron chi connectivity index (χ4n) is 2.68. The molecule has 2 rings (SSSR count). The molecule has 1 aromatic rings. The third-order valence-electron chi connectivity index (χ3n) is 3.96. The van der Waals surface area contributed by atoms with Crippen molar-refractivity contribution in [3.05, 3.63) is 29.6 Å². The van der Waals surface area contributed by atoms with Gasteiger partial charge in [0.2, 0.25) is 0 Å². The fraction of sp³-hybridized carbons (Fsp3) is 0.647. The van der Waals surface area contributed by atoms with Crippen molar-refractivity contribution < 1.29 is 9.94 Å². The van der Waals surface area contributed by atoms with E-state index < -0.39 is 5.60 Å². The number of aryl methyl sites for hydroxylation is 1. The third-order valence-corrected chi connectivity index (χ3v) is 4.25. The summed E-state index contributed by atoms with van der Waals surface area (Å²) >= 11 is 6.12. The van der Waals surface area contributed by atoms with Crippen molar-refractivity contribution >= 4 is 16.8 Å². The van der Waals surface area contributed by atoms with E-state index in [0.29, 0.717) is 12.1 Å². The Balaban J connectivity index is 1.83. The number of nitrogens with zero attached hydrogens (tertiary/aromatic N) is 3. The minimum absolute atomic E-state index is 0.111. The smallest absolute Gasteiger partial charge is 0.177 e. The highest BCUT2D eigenvalue weighted by Gasteiger charge is 2.26. The van der Waals surface area contributed by atoms with Gasteiger partial charge >= 0.3 is 0 Å². The molecule has 1 unspecified atom stereocenters. The van der Waals surface area contributed by atoms with E-state index in [4.69, 9.17) is 16.4 Å². The van der Waals surface area contributed by atoms with Gasteiger partial charge < -0.3 is 14.8 Å². The van der Waals surface area contributed by atoms with Gasteiger partial charge in [-0.3, -0.25) is 4.98 Å². The maximum Gasteiger partial charge on any atom is 0.177 e. The zero-order valence-corrected chi connectivity index (χ0v) is 14.7. The summed E-state index contributed by atoms with van der Waals surface area (Å²) in [5.41, 5.74) is 0.769. The Morgan fingerprint density at radius 2 is 2.13 bits per heavy atom. The number of oxime groups is 1. The topological polar surface area (TPSA) is 58.0 Å². The number of aromatic nitrogens is 1. The fourth-order valence-corrected chi connectivity index (χ4v) is 2.84. The Labute approximate surface area is 143 Å². The number of aliphatic hydroxyl groups is 1. The lowest BCUT2D eigenvalue weighted by Gasteiger charge is -2.33. The number of pyridine rings is 1. The van der Waals surface area contributed by atoms with E-state index in [-0.39, 0.29) is 11.8 Å². The molecule has 0 aliphatic carbocycles. The van der Waals surface area contributed by atoms with Crippen LogP contribution in [0.5, 0.6) is 0 Å². The van der Waals surface area contributed by atoms with Gasteiger partial charge in [-0.15, -0.1) is 0 Å². The quantitative estimate of drug-likeness (QED) is 0.613. The standard InChI is InChI=1S/C17H26ClN3O2/c1-3-15-8-7-14(11-19-15)16(18)20-23-13-17(2,22)12-21-9-5-4-6-10-21/h7-8,11,22H,3-6,9-10,12-13H2,1-2H3/b20-16-. The first-order chi connectivity index (χ1) is 11.0. The van der Waals surface area contributed by atoms with Gasteiger partial charge in [0.05, 0.1) is 0 Å². The van der Waals surface area contributed by atoms with E-state index in [2.05, 4.69) is 15.0 Å². The molecule has 0 bridgehead atoms. The normalized spacial score (nSPS) is 19.4. The second-order valence-electron chi connectivity index (χ2n) is 6.38. The predicted molar refractivity (Wildman–Crippen MR) is 92.9 cm³/mol. The lowest BCUT2D eigenvalue weighted by Crippen LogP contribution is -2.45. The van der Waals surface area contributed by atoms with Crippen molar-refractivity contribution in [2.24, 2.45) is 5.16 Å². The average Bonchev–Trinajstić information content (AvgIpc) is 2.55. The van der Waals surface area contributed by atoms with Crippen LogP contribution in [0.2, 0.25) is 0 Å². The second-order valence-corrected chi connectivity index (χ2v) is 6.74. The highest BCUT2D eigenvalue weighted by atomic mass is 35.5. The van der Waals surface area contributed by atoms with Gasteiger partial charge in [0.15, 0.2) is 5.17 Å². The summed E-state index contributed by atoms with van der Waals surface area (Å²) in [4.78, 5) is 11.8. The van der Waals surface area contributed by atoms with E-state index in [9.17, 15) is 5.11 Å². The Kier molecular flexibility index (Phi) is 6.81. The first kappa shape index (κ1) is 18.2. The molecule has 1 fully saturated rings. The molecule has 1 aromatic heterocycles. The van der Waals surface area contributed by atoms with Gasteiger partial charge in [-0.2, -0.15) is 0 Å². The number of hydrogen-bond acceptors (Lipinski definition) is 5. The number of rotatable bonds is 7. The lowest BCUT2D eigenvalue weighted by molar-refractivity contribution is -0.0541. The highest BCUT2D eigenvalue weighted by Crippen LogP contribution is 2.14. The number of piperidine rings is 1. The maximum atomic E-state index is 10.4. The van der Waals surface area contributed by atoms with Crippen LogP contribution in [0.1, 0.15) is 44.4 Å². The van der Waals surface area contributed by atoms with Crippen LogP contribution in [0.4, 0.5) is 0 Å². The molecule has 0 aromatic carbocycles. The van der Waals surface area contributed by atoms with Crippen LogP contribution in [-0.2, 0) is 11.3 Å². The van der Waals surface area contributed by atoms with Crippen molar-refractivity contribution in [3.63, 3.8) is 0 Å². The third kappa shape index (κ3) is 6.09. The van der Waals surface area contributed by atoms with Crippen molar-refractivity contribution in [2.45, 2.75) is 45.1 Å². The molecule has 1 N–H and O–H groups in total. The van der Waals surface area contributed by atoms with Crippen molar-refractivity contribution in [1.29, 1.82) is 0 Å². The second kappa shape index (κ2) is 8.62. The van der Waals surface area contributed by atoms with Crippen LogP contribution in [0.15, 0.2) is 23.5 Å². The van der Waals surface area contributed by atoms with E-state index in [0.717, 1.165) is 25.2 Å². The summed E-state index contributed by atoms with van der Waals surface area (Å²) < 4.78 is 0. The lowest BCUT2D eigenvalue weighted by atomic mass is 10.1. The number of halogens is 1. The first-order valence-electron chi connectivity index (χ1n) is 8.26. The van der Waals surface area contributed by atoms with Crippen LogP contribution in [0.3, 0.4) is 0 Å². The molecular formula is C17H26ClN3O2. The molecule has 0 saturated carbocycles. The summed E-state index contributed by atoms with van der Waals surface area (Å²) in [5.74, 6) is 0. The van der Waals surface area contributed by atoms with E-state index in [1.54, 1.807) is 13.1 Å². The molecular weight excluding hydrogens is 314 g/mol. The monoisotopic (exact) mass is 339 g/mol. The van der Waals surface area contributed by atoms with E-state index in [1.165, 1.54) is 19.3 Å². The molecule has 6 heteroatoms. The number of hydrogen-bond donors (Lipinski definition) is 1. The molecule has 1 aliphatic rings. The largest absolute Gasteiger partial charge is 0.391 e. The van der Waals surface area contributed by atoms with Crippen LogP contribution in [0, 0.1) is 0 Å². The van der Waals surface area contributed by atoms with Gasteiger partial charge in [0.25, 0.3) is 0 Å². The molecule has 1 aliphatic heterocycles. The molecule has 1 atom stereocenters. The van der Waals surface area contributed by atoms with Gasteiger partial charge in [-0.05, 0) is 51.4 Å². The molecule has 128 valence electrons.